The van der Waals surface area contributed by atoms with E-state index in [4.69, 9.17) is 0 Å². The van der Waals surface area contributed by atoms with Crippen LogP contribution in [0.4, 0.5) is 34.1 Å². The highest BCUT2D eigenvalue weighted by Gasteiger charge is 2.46. The zero-order chi connectivity index (χ0) is 52.5. The van der Waals surface area contributed by atoms with E-state index in [9.17, 15) is 0 Å². The van der Waals surface area contributed by atoms with Gasteiger partial charge < -0.3 is 9.80 Å². The molecule has 13 aromatic carbocycles. The largest absolute Gasteiger partial charge is 0.310 e. The quantitative estimate of drug-likeness (QED) is 0.120. The summed E-state index contributed by atoms with van der Waals surface area (Å²) >= 11 is 0. The predicted molar refractivity (Wildman–Crippen MR) is 332 cm³/mol. The second-order valence-electron chi connectivity index (χ2n) is 20.4. The molecule has 14 rings (SSSR count). The zero-order valence-corrected chi connectivity index (χ0v) is 43.6. The van der Waals surface area contributed by atoms with Crippen LogP contribution in [0.3, 0.4) is 0 Å². The lowest BCUT2D eigenvalue weighted by atomic mass is 9.67. The first-order chi connectivity index (χ1) is 39.2. The van der Waals surface area contributed by atoms with Crippen molar-refractivity contribution < 1.29 is 0 Å². The maximum absolute atomic E-state index is 2.48. The maximum Gasteiger partial charge on any atom is 0.0714 e. The molecule has 0 radical (unpaired) electrons. The summed E-state index contributed by atoms with van der Waals surface area (Å²) in [6.07, 6.45) is 0. The van der Waals surface area contributed by atoms with Crippen molar-refractivity contribution in [1.82, 2.24) is 0 Å². The summed E-state index contributed by atoms with van der Waals surface area (Å²) < 4.78 is 0. The lowest BCUT2D eigenvalue weighted by molar-refractivity contribution is 0.768. The summed E-state index contributed by atoms with van der Waals surface area (Å²) in [5.74, 6) is 0. The summed E-state index contributed by atoms with van der Waals surface area (Å²) in [6, 6.07) is 120. The SMILES string of the molecule is c1ccc(-c2ccc(N(c3cc(-c4ccccc4-c4ccc5ccccc5c4-c4ccccc4)cc(N(c4ccccc4)c4ccccc4)c3)c3ccc4c(c3)C(c3ccccc3)(c3ccccc3)c3ccccc3-4)cc2)cc1. The first-order valence-electron chi connectivity index (χ1n) is 27.2. The molecule has 0 fully saturated rings. The van der Waals surface area contributed by atoms with Crippen LogP contribution in [0.5, 0.6) is 0 Å². The van der Waals surface area contributed by atoms with E-state index in [1.165, 1.54) is 66.4 Å². The Hall–Kier alpha value is -10.3. The number of rotatable bonds is 12. The number of benzene rings is 13. The van der Waals surface area contributed by atoms with E-state index in [0.717, 1.165) is 56.4 Å². The van der Waals surface area contributed by atoms with E-state index in [-0.39, 0.29) is 0 Å². The van der Waals surface area contributed by atoms with Gasteiger partial charge in [-0.3, -0.25) is 0 Å². The Bertz CT molecular complexity index is 4190. The van der Waals surface area contributed by atoms with Gasteiger partial charge in [0.1, 0.15) is 0 Å². The molecular formula is C77H54N2. The molecule has 0 unspecified atom stereocenters. The first-order valence-corrected chi connectivity index (χ1v) is 27.2. The number of hydrogen-bond donors (Lipinski definition) is 0. The molecule has 0 saturated heterocycles. The molecule has 2 nitrogen and oxygen atoms in total. The van der Waals surface area contributed by atoms with E-state index in [1.54, 1.807) is 0 Å². The van der Waals surface area contributed by atoms with Crippen LogP contribution in [0.25, 0.3) is 66.4 Å². The molecule has 0 bridgehead atoms. The maximum atomic E-state index is 2.48. The van der Waals surface area contributed by atoms with E-state index >= 15 is 0 Å². The molecule has 2 heteroatoms. The minimum atomic E-state index is -0.590. The van der Waals surface area contributed by atoms with Crippen molar-refractivity contribution in [3.8, 4) is 55.6 Å². The van der Waals surface area contributed by atoms with Crippen LogP contribution in [0.15, 0.2) is 328 Å². The third-order valence-electron chi connectivity index (χ3n) is 15.9. The Morgan fingerprint density at radius 2 is 0.646 bits per heavy atom. The van der Waals surface area contributed by atoms with Crippen LogP contribution < -0.4 is 9.80 Å². The minimum Gasteiger partial charge on any atom is -0.310 e. The summed E-state index contributed by atoms with van der Waals surface area (Å²) in [5, 5.41) is 2.43. The topological polar surface area (TPSA) is 6.48 Å². The molecule has 0 aromatic heterocycles. The van der Waals surface area contributed by atoms with Crippen LogP contribution in [-0.2, 0) is 5.41 Å². The third kappa shape index (κ3) is 8.39. The smallest absolute Gasteiger partial charge is 0.0714 e. The van der Waals surface area contributed by atoms with Crippen LogP contribution in [0.2, 0.25) is 0 Å². The van der Waals surface area contributed by atoms with Crippen molar-refractivity contribution in [2.24, 2.45) is 0 Å². The molecule has 0 amide bonds. The van der Waals surface area contributed by atoms with Gasteiger partial charge >= 0.3 is 0 Å². The number of para-hydroxylation sites is 2. The average molecular weight is 1010 g/mol. The zero-order valence-electron chi connectivity index (χ0n) is 43.6. The van der Waals surface area contributed by atoms with Gasteiger partial charge in [0.25, 0.3) is 0 Å². The normalized spacial score (nSPS) is 12.2. The molecule has 13 aromatic rings. The Morgan fingerprint density at radius 1 is 0.215 bits per heavy atom. The molecule has 0 saturated carbocycles. The van der Waals surface area contributed by atoms with Crippen LogP contribution in [-0.4, -0.2) is 0 Å². The van der Waals surface area contributed by atoms with Gasteiger partial charge in [0.2, 0.25) is 0 Å². The first kappa shape index (κ1) is 47.2. The van der Waals surface area contributed by atoms with Gasteiger partial charge in [-0.1, -0.05) is 261 Å². The number of nitrogens with zero attached hydrogens (tertiary/aromatic N) is 2. The van der Waals surface area contributed by atoms with Gasteiger partial charge in [-0.15, -0.1) is 0 Å². The standard InChI is InChI=1S/C77H54N2/c1-7-25-55(26-8-1)56-43-46-64(47-44-56)79(65-48-50-72-71-41-23-24-42-74(71)77(75(72)54-65,60-30-11-3-12-31-60)61-32-13-4-14-33-61)67-52-59(51-66(53-67)78(62-34-15-5-16-35-62)63-36-17-6-18-37-63)68-38-21-22-40-70(68)73-49-45-57-27-19-20-39-69(57)76(73)58-28-9-2-10-29-58/h1-54H. The summed E-state index contributed by atoms with van der Waals surface area (Å²) in [5.41, 5.74) is 22.5. The molecule has 79 heavy (non-hydrogen) atoms. The van der Waals surface area contributed by atoms with Gasteiger partial charge in [0.05, 0.1) is 5.41 Å². The second kappa shape index (κ2) is 20.3. The van der Waals surface area contributed by atoms with Crippen LogP contribution in [0, 0.1) is 0 Å². The van der Waals surface area contributed by atoms with Crippen molar-refractivity contribution in [1.29, 1.82) is 0 Å². The molecule has 1 aliphatic carbocycles. The summed E-state index contributed by atoms with van der Waals surface area (Å²) in [4.78, 5) is 4.88. The van der Waals surface area contributed by atoms with Crippen molar-refractivity contribution in [3.05, 3.63) is 350 Å². The number of fused-ring (bicyclic) bond motifs is 4. The fraction of sp³-hybridized carbons (Fsp3) is 0.0130. The highest BCUT2D eigenvalue weighted by atomic mass is 15.2. The lowest BCUT2D eigenvalue weighted by Gasteiger charge is -2.35. The predicted octanol–water partition coefficient (Wildman–Crippen LogP) is 20.8. The molecule has 1 aliphatic rings. The van der Waals surface area contributed by atoms with Gasteiger partial charge in [0, 0.05) is 34.1 Å². The van der Waals surface area contributed by atoms with E-state index in [0.29, 0.717) is 0 Å². The highest BCUT2D eigenvalue weighted by Crippen LogP contribution is 2.58. The Morgan fingerprint density at radius 3 is 1.27 bits per heavy atom. The van der Waals surface area contributed by atoms with Crippen molar-refractivity contribution in [3.63, 3.8) is 0 Å². The summed E-state index contributed by atoms with van der Waals surface area (Å²) in [7, 11) is 0. The molecule has 0 heterocycles. The Kier molecular flexibility index (Phi) is 12.2. The molecular weight excluding hydrogens is 953 g/mol. The third-order valence-corrected chi connectivity index (χ3v) is 15.9. The minimum absolute atomic E-state index is 0.590. The molecule has 0 atom stereocenters. The van der Waals surface area contributed by atoms with Crippen molar-refractivity contribution in [2.75, 3.05) is 9.80 Å². The molecule has 0 spiro atoms. The number of anilines is 6. The van der Waals surface area contributed by atoms with Gasteiger partial charge in [-0.2, -0.15) is 0 Å². The van der Waals surface area contributed by atoms with Crippen molar-refractivity contribution >= 4 is 44.9 Å². The van der Waals surface area contributed by atoms with E-state index in [2.05, 4.69) is 337 Å². The molecule has 0 aliphatic heterocycles. The Balaban J connectivity index is 1.06. The lowest BCUT2D eigenvalue weighted by Crippen LogP contribution is -2.28. The highest BCUT2D eigenvalue weighted by molar-refractivity contribution is 6.06. The monoisotopic (exact) mass is 1010 g/mol. The fourth-order valence-electron chi connectivity index (χ4n) is 12.4. The Labute approximate surface area is 463 Å². The van der Waals surface area contributed by atoms with Gasteiger partial charge in [-0.25, -0.2) is 0 Å². The van der Waals surface area contributed by atoms with E-state index < -0.39 is 5.41 Å². The number of hydrogen-bond acceptors (Lipinski definition) is 2. The van der Waals surface area contributed by atoms with Crippen LogP contribution >= 0.6 is 0 Å². The fourth-order valence-corrected chi connectivity index (χ4v) is 12.4. The van der Waals surface area contributed by atoms with E-state index in [1.807, 2.05) is 0 Å². The summed E-state index contributed by atoms with van der Waals surface area (Å²) in [6.45, 7) is 0. The molecule has 372 valence electrons. The molecule has 0 N–H and O–H groups in total. The van der Waals surface area contributed by atoms with Crippen LogP contribution in [0.1, 0.15) is 22.3 Å². The average Bonchev–Trinajstić information content (AvgIpc) is 3.67. The van der Waals surface area contributed by atoms with Gasteiger partial charge in [0.15, 0.2) is 0 Å². The second-order valence-corrected chi connectivity index (χ2v) is 20.4. The van der Waals surface area contributed by atoms with Gasteiger partial charge in [-0.05, 0) is 155 Å². The van der Waals surface area contributed by atoms with Crippen molar-refractivity contribution in [2.45, 2.75) is 5.41 Å².